The Morgan fingerprint density at radius 2 is 2.06 bits per heavy atom. The fraction of sp³-hybridized carbons (Fsp3) is 0.571. The normalized spacial score (nSPS) is 18.5. The Labute approximate surface area is 102 Å². The molecule has 1 aliphatic heterocycles. The van der Waals surface area contributed by atoms with Crippen molar-refractivity contribution in [3.8, 4) is 5.75 Å². The van der Waals surface area contributed by atoms with Crippen molar-refractivity contribution in [3.05, 3.63) is 29.6 Å². The van der Waals surface area contributed by atoms with Crippen LogP contribution in [0.25, 0.3) is 0 Å². The quantitative estimate of drug-likeness (QED) is 0.873. The molecule has 0 radical (unpaired) electrons. The third kappa shape index (κ3) is 2.97. The van der Waals surface area contributed by atoms with Crippen LogP contribution >= 0.6 is 0 Å². The zero-order valence-electron chi connectivity index (χ0n) is 10.3. The second kappa shape index (κ2) is 5.50. The van der Waals surface area contributed by atoms with Crippen LogP contribution in [-0.4, -0.2) is 29.6 Å². The number of rotatable bonds is 3. The van der Waals surface area contributed by atoms with Gasteiger partial charge in [-0.3, -0.25) is 0 Å². The van der Waals surface area contributed by atoms with Crippen molar-refractivity contribution < 1.29 is 9.50 Å². The molecule has 1 aromatic carbocycles. The summed E-state index contributed by atoms with van der Waals surface area (Å²) in [6, 6.07) is 4.74. The van der Waals surface area contributed by atoms with Crippen molar-refractivity contribution >= 4 is 0 Å². The largest absolute Gasteiger partial charge is 0.505 e. The lowest BCUT2D eigenvalue weighted by molar-refractivity contribution is 0.212. The van der Waals surface area contributed by atoms with E-state index in [4.69, 9.17) is 0 Å². The maximum Gasteiger partial charge on any atom is 0.164 e. The maximum absolute atomic E-state index is 13.0. The molecular formula is C14H20FNO. The number of hydrogen-bond acceptors (Lipinski definition) is 2. The molecule has 17 heavy (non-hydrogen) atoms. The van der Waals surface area contributed by atoms with Crippen molar-refractivity contribution in [1.82, 2.24) is 4.90 Å². The number of piperidine rings is 1. The van der Waals surface area contributed by atoms with E-state index in [0.29, 0.717) is 5.92 Å². The lowest BCUT2D eigenvalue weighted by Crippen LogP contribution is -2.33. The molecule has 1 saturated heterocycles. The second-order valence-corrected chi connectivity index (χ2v) is 4.83. The molecule has 3 heteroatoms. The number of likely N-dealkylation sites (tertiary alicyclic amines) is 1. The monoisotopic (exact) mass is 237 g/mol. The van der Waals surface area contributed by atoms with Gasteiger partial charge in [0, 0.05) is 0 Å². The van der Waals surface area contributed by atoms with Gasteiger partial charge in [-0.15, -0.1) is 0 Å². The first-order valence-electron chi connectivity index (χ1n) is 6.41. The van der Waals surface area contributed by atoms with Crippen molar-refractivity contribution in [2.24, 2.45) is 0 Å². The Balaban J connectivity index is 1.98. The molecule has 1 fully saturated rings. The first kappa shape index (κ1) is 12.4. The van der Waals surface area contributed by atoms with Crippen LogP contribution in [-0.2, 0) is 0 Å². The predicted molar refractivity (Wildman–Crippen MR) is 66.8 cm³/mol. The van der Waals surface area contributed by atoms with Crippen molar-refractivity contribution in [2.45, 2.75) is 32.1 Å². The van der Waals surface area contributed by atoms with E-state index in [-0.39, 0.29) is 5.75 Å². The number of nitrogens with zero attached hydrogens (tertiary/aromatic N) is 1. The molecule has 0 atom stereocenters. The average Bonchev–Trinajstić information content (AvgIpc) is 2.34. The minimum absolute atomic E-state index is 0.224. The second-order valence-electron chi connectivity index (χ2n) is 4.83. The average molecular weight is 237 g/mol. The summed E-state index contributed by atoms with van der Waals surface area (Å²) in [6.45, 7) is 5.58. The molecule has 0 aromatic heterocycles. The number of phenolic OH excluding ortho intramolecular Hbond substituents is 1. The Hall–Kier alpha value is -1.09. The van der Waals surface area contributed by atoms with E-state index in [1.165, 1.54) is 19.0 Å². The van der Waals surface area contributed by atoms with Gasteiger partial charge >= 0.3 is 0 Å². The van der Waals surface area contributed by atoms with Crippen molar-refractivity contribution in [1.29, 1.82) is 0 Å². The van der Waals surface area contributed by atoms with Gasteiger partial charge in [0.25, 0.3) is 0 Å². The summed E-state index contributed by atoms with van der Waals surface area (Å²) in [7, 11) is 0. The summed E-state index contributed by atoms with van der Waals surface area (Å²) in [5, 5.41) is 9.38. The van der Waals surface area contributed by atoms with E-state index in [9.17, 15) is 9.50 Å². The van der Waals surface area contributed by atoms with Gasteiger partial charge in [0.2, 0.25) is 0 Å². The van der Waals surface area contributed by atoms with E-state index in [1.54, 1.807) is 12.1 Å². The number of phenols is 1. The van der Waals surface area contributed by atoms with Gasteiger partial charge in [0.05, 0.1) is 0 Å². The molecule has 94 valence electrons. The van der Waals surface area contributed by atoms with E-state index < -0.39 is 5.82 Å². The van der Waals surface area contributed by atoms with Gasteiger partial charge in [-0.25, -0.2) is 4.39 Å². The van der Waals surface area contributed by atoms with Crippen LogP contribution in [0, 0.1) is 5.82 Å². The zero-order chi connectivity index (χ0) is 12.3. The number of aromatic hydroxyl groups is 1. The molecule has 0 unspecified atom stereocenters. The van der Waals surface area contributed by atoms with Crippen LogP contribution in [0.15, 0.2) is 18.2 Å². The molecule has 0 aliphatic carbocycles. The molecular weight excluding hydrogens is 217 g/mol. The van der Waals surface area contributed by atoms with E-state index in [2.05, 4.69) is 11.8 Å². The van der Waals surface area contributed by atoms with Crippen LogP contribution in [0.3, 0.4) is 0 Å². The van der Waals surface area contributed by atoms with Gasteiger partial charge in [0.1, 0.15) is 0 Å². The smallest absolute Gasteiger partial charge is 0.164 e. The minimum atomic E-state index is -0.530. The Kier molecular flexibility index (Phi) is 4.00. The standard InChI is InChI=1S/C14H20FNO/c1-2-7-16-8-5-11(6-9-16)12-3-4-13(15)14(17)10-12/h3-4,10-11,17H,2,5-9H2,1H3. The lowest BCUT2D eigenvalue weighted by atomic mass is 9.89. The molecule has 1 aliphatic rings. The van der Waals surface area contributed by atoms with Crippen LogP contribution in [0.2, 0.25) is 0 Å². The number of benzene rings is 1. The molecule has 0 bridgehead atoms. The highest BCUT2D eigenvalue weighted by Gasteiger charge is 2.20. The molecule has 2 rings (SSSR count). The third-order valence-corrected chi connectivity index (χ3v) is 3.57. The van der Waals surface area contributed by atoms with Crippen LogP contribution < -0.4 is 0 Å². The highest BCUT2D eigenvalue weighted by Crippen LogP contribution is 2.30. The zero-order valence-corrected chi connectivity index (χ0v) is 10.3. The number of hydrogen-bond donors (Lipinski definition) is 1. The highest BCUT2D eigenvalue weighted by atomic mass is 19.1. The van der Waals surface area contributed by atoms with Gasteiger partial charge in [-0.05, 0) is 62.5 Å². The maximum atomic E-state index is 13.0. The SMILES string of the molecule is CCCN1CCC(c2ccc(F)c(O)c2)CC1. The molecule has 1 heterocycles. The Morgan fingerprint density at radius 3 is 2.65 bits per heavy atom. The molecule has 0 amide bonds. The van der Waals surface area contributed by atoms with Crippen LogP contribution in [0.5, 0.6) is 5.75 Å². The van der Waals surface area contributed by atoms with Crippen LogP contribution in [0.4, 0.5) is 4.39 Å². The van der Waals surface area contributed by atoms with Crippen molar-refractivity contribution in [3.63, 3.8) is 0 Å². The Morgan fingerprint density at radius 1 is 1.35 bits per heavy atom. The topological polar surface area (TPSA) is 23.5 Å². The summed E-state index contributed by atoms with van der Waals surface area (Å²) >= 11 is 0. The summed E-state index contributed by atoms with van der Waals surface area (Å²) in [6.07, 6.45) is 3.40. The summed E-state index contributed by atoms with van der Waals surface area (Å²) in [5.74, 6) is -0.287. The lowest BCUT2D eigenvalue weighted by Gasteiger charge is -2.31. The summed E-state index contributed by atoms with van der Waals surface area (Å²) in [5.41, 5.74) is 1.07. The minimum Gasteiger partial charge on any atom is -0.505 e. The van der Waals surface area contributed by atoms with Gasteiger partial charge in [0.15, 0.2) is 11.6 Å². The Bertz CT molecular complexity index is 372. The van der Waals surface area contributed by atoms with Gasteiger partial charge in [-0.2, -0.15) is 0 Å². The fourth-order valence-electron chi connectivity index (χ4n) is 2.59. The first-order valence-corrected chi connectivity index (χ1v) is 6.41. The molecule has 0 saturated carbocycles. The van der Waals surface area contributed by atoms with Crippen molar-refractivity contribution in [2.75, 3.05) is 19.6 Å². The summed E-state index contributed by atoms with van der Waals surface area (Å²) < 4.78 is 13.0. The molecule has 1 aromatic rings. The first-order chi connectivity index (χ1) is 8.20. The van der Waals surface area contributed by atoms with Gasteiger partial charge < -0.3 is 10.0 Å². The highest BCUT2D eigenvalue weighted by molar-refractivity contribution is 5.31. The predicted octanol–water partition coefficient (Wildman–Crippen LogP) is 3.12. The van der Waals surface area contributed by atoms with E-state index in [1.807, 2.05) is 0 Å². The van der Waals surface area contributed by atoms with E-state index >= 15 is 0 Å². The van der Waals surface area contributed by atoms with E-state index in [0.717, 1.165) is 31.5 Å². The molecule has 1 N–H and O–H groups in total. The fourth-order valence-corrected chi connectivity index (χ4v) is 2.59. The molecule has 2 nitrogen and oxygen atoms in total. The number of halogens is 1. The summed E-state index contributed by atoms with van der Waals surface area (Å²) in [4.78, 5) is 2.47. The molecule has 0 spiro atoms. The third-order valence-electron chi connectivity index (χ3n) is 3.57. The van der Waals surface area contributed by atoms with Crippen LogP contribution in [0.1, 0.15) is 37.7 Å². The van der Waals surface area contributed by atoms with Gasteiger partial charge in [-0.1, -0.05) is 13.0 Å².